The lowest BCUT2D eigenvalue weighted by molar-refractivity contribution is -0.147. The third kappa shape index (κ3) is 3.67. The van der Waals surface area contributed by atoms with Crippen molar-refractivity contribution in [3.63, 3.8) is 0 Å². The van der Waals surface area contributed by atoms with Crippen LogP contribution in [0.1, 0.15) is 26.2 Å². The van der Waals surface area contributed by atoms with E-state index in [1.807, 2.05) is 11.8 Å². The van der Waals surface area contributed by atoms with Crippen molar-refractivity contribution >= 4 is 5.91 Å². The first kappa shape index (κ1) is 13.8. The summed E-state index contributed by atoms with van der Waals surface area (Å²) < 4.78 is 5.54. The number of likely N-dealkylation sites (tertiary alicyclic amines) is 1. The van der Waals surface area contributed by atoms with Gasteiger partial charge in [0.25, 0.3) is 0 Å². The standard InChI is InChI=1S/C13H24N2O3/c1-11-8-15(9-12(10-16)18-11)13(17)4-7-14-5-2-3-6-14/h11-12,16H,2-10H2,1H3. The van der Waals surface area contributed by atoms with Gasteiger partial charge in [-0.1, -0.05) is 0 Å². The summed E-state index contributed by atoms with van der Waals surface area (Å²) in [6.45, 7) is 6.24. The predicted molar refractivity (Wildman–Crippen MR) is 68.3 cm³/mol. The molecule has 0 aliphatic carbocycles. The lowest BCUT2D eigenvalue weighted by atomic mass is 10.2. The Morgan fingerprint density at radius 1 is 1.33 bits per heavy atom. The lowest BCUT2D eigenvalue weighted by Gasteiger charge is -2.36. The minimum Gasteiger partial charge on any atom is -0.394 e. The highest BCUT2D eigenvalue weighted by Gasteiger charge is 2.28. The first-order chi connectivity index (χ1) is 8.69. The third-order valence-electron chi connectivity index (χ3n) is 3.72. The second-order valence-corrected chi connectivity index (χ2v) is 5.35. The SMILES string of the molecule is CC1CN(C(=O)CCN2CCCC2)CC(CO)O1. The van der Waals surface area contributed by atoms with Crippen LogP contribution in [0.2, 0.25) is 0 Å². The highest BCUT2D eigenvalue weighted by Crippen LogP contribution is 2.13. The van der Waals surface area contributed by atoms with Gasteiger partial charge in [-0.3, -0.25) is 4.79 Å². The topological polar surface area (TPSA) is 53.0 Å². The summed E-state index contributed by atoms with van der Waals surface area (Å²) in [6, 6.07) is 0. The Morgan fingerprint density at radius 2 is 2.06 bits per heavy atom. The first-order valence-electron chi connectivity index (χ1n) is 6.95. The maximum Gasteiger partial charge on any atom is 0.224 e. The van der Waals surface area contributed by atoms with Gasteiger partial charge in [-0.25, -0.2) is 0 Å². The van der Waals surface area contributed by atoms with Gasteiger partial charge < -0.3 is 19.6 Å². The number of carbonyl (C=O) groups is 1. The molecule has 104 valence electrons. The Labute approximate surface area is 109 Å². The van der Waals surface area contributed by atoms with Crippen LogP contribution < -0.4 is 0 Å². The number of aliphatic hydroxyl groups is 1. The molecule has 5 heteroatoms. The van der Waals surface area contributed by atoms with Crippen LogP contribution in [0.15, 0.2) is 0 Å². The Kier molecular flexibility index (Phi) is 4.97. The lowest BCUT2D eigenvalue weighted by Crippen LogP contribution is -2.50. The van der Waals surface area contributed by atoms with Crippen molar-refractivity contribution in [2.45, 2.75) is 38.4 Å². The summed E-state index contributed by atoms with van der Waals surface area (Å²) in [5, 5.41) is 9.14. The molecule has 2 unspecified atom stereocenters. The van der Waals surface area contributed by atoms with E-state index in [-0.39, 0.29) is 24.7 Å². The quantitative estimate of drug-likeness (QED) is 0.774. The summed E-state index contributed by atoms with van der Waals surface area (Å²) in [5.41, 5.74) is 0. The van der Waals surface area contributed by atoms with E-state index in [1.54, 1.807) is 0 Å². The van der Waals surface area contributed by atoms with Gasteiger partial charge in [0.05, 0.1) is 18.8 Å². The van der Waals surface area contributed by atoms with Crippen molar-refractivity contribution in [3.05, 3.63) is 0 Å². The van der Waals surface area contributed by atoms with Crippen LogP contribution >= 0.6 is 0 Å². The molecule has 2 rings (SSSR count). The summed E-state index contributed by atoms with van der Waals surface area (Å²) in [7, 11) is 0. The van der Waals surface area contributed by atoms with Crippen molar-refractivity contribution in [2.24, 2.45) is 0 Å². The zero-order valence-electron chi connectivity index (χ0n) is 11.2. The Bertz CT molecular complexity index is 279. The molecule has 2 fully saturated rings. The average molecular weight is 256 g/mol. The van der Waals surface area contributed by atoms with E-state index >= 15 is 0 Å². The van der Waals surface area contributed by atoms with Crippen LogP contribution in [-0.2, 0) is 9.53 Å². The van der Waals surface area contributed by atoms with Crippen LogP contribution in [-0.4, -0.2) is 72.4 Å². The molecule has 0 spiro atoms. The van der Waals surface area contributed by atoms with Crippen LogP contribution in [0.3, 0.4) is 0 Å². The number of hydrogen-bond donors (Lipinski definition) is 1. The smallest absolute Gasteiger partial charge is 0.224 e. The minimum atomic E-state index is -0.218. The molecule has 2 heterocycles. The predicted octanol–water partition coefficient (Wildman–Crippen LogP) is 0.0805. The molecule has 1 N–H and O–H groups in total. The van der Waals surface area contributed by atoms with E-state index in [0.29, 0.717) is 19.5 Å². The zero-order chi connectivity index (χ0) is 13.0. The Balaban J connectivity index is 1.76. The minimum absolute atomic E-state index is 0.0136. The van der Waals surface area contributed by atoms with Crippen LogP contribution in [0.5, 0.6) is 0 Å². The highest BCUT2D eigenvalue weighted by molar-refractivity contribution is 5.76. The molecule has 2 aliphatic rings. The monoisotopic (exact) mass is 256 g/mol. The zero-order valence-corrected chi connectivity index (χ0v) is 11.2. The van der Waals surface area contributed by atoms with Gasteiger partial charge in [0.15, 0.2) is 0 Å². The molecule has 0 bridgehead atoms. The molecule has 0 radical (unpaired) electrons. The van der Waals surface area contributed by atoms with Crippen molar-refractivity contribution in [1.82, 2.24) is 9.80 Å². The number of aliphatic hydroxyl groups excluding tert-OH is 1. The molecular formula is C13H24N2O3. The maximum atomic E-state index is 12.1. The van der Waals surface area contributed by atoms with Gasteiger partial charge in [-0.05, 0) is 32.9 Å². The largest absolute Gasteiger partial charge is 0.394 e. The molecular weight excluding hydrogens is 232 g/mol. The average Bonchev–Trinajstić information content (AvgIpc) is 2.88. The van der Waals surface area contributed by atoms with Crippen LogP contribution in [0.25, 0.3) is 0 Å². The molecule has 1 amide bonds. The molecule has 0 aromatic rings. The second kappa shape index (κ2) is 6.50. The van der Waals surface area contributed by atoms with E-state index in [9.17, 15) is 4.79 Å². The van der Waals surface area contributed by atoms with Gasteiger partial charge in [0, 0.05) is 26.1 Å². The van der Waals surface area contributed by atoms with Gasteiger partial charge in [-0.2, -0.15) is 0 Å². The third-order valence-corrected chi connectivity index (χ3v) is 3.72. The number of ether oxygens (including phenoxy) is 1. The van der Waals surface area contributed by atoms with Crippen molar-refractivity contribution in [2.75, 3.05) is 39.3 Å². The fraction of sp³-hybridized carbons (Fsp3) is 0.923. The molecule has 0 aromatic heterocycles. The highest BCUT2D eigenvalue weighted by atomic mass is 16.5. The molecule has 2 atom stereocenters. The number of amides is 1. The summed E-state index contributed by atoms with van der Waals surface area (Å²) in [6.07, 6.45) is 2.91. The fourth-order valence-electron chi connectivity index (χ4n) is 2.77. The normalized spacial score (nSPS) is 29.8. The molecule has 2 saturated heterocycles. The van der Waals surface area contributed by atoms with Gasteiger partial charge in [0.2, 0.25) is 5.91 Å². The number of rotatable bonds is 4. The number of hydrogen-bond acceptors (Lipinski definition) is 4. The maximum absolute atomic E-state index is 12.1. The van der Waals surface area contributed by atoms with Crippen LogP contribution in [0.4, 0.5) is 0 Å². The first-order valence-corrected chi connectivity index (χ1v) is 6.95. The van der Waals surface area contributed by atoms with E-state index in [1.165, 1.54) is 12.8 Å². The van der Waals surface area contributed by atoms with Gasteiger partial charge in [-0.15, -0.1) is 0 Å². The summed E-state index contributed by atoms with van der Waals surface area (Å²) in [4.78, 5) is 16.3. The molecule has 5 nitrogen and oxygen atoms in total. The second-order valence-electron chi connectivity index (χ2n) is 5.35. The van der Waals surface area contributed by atoms with E-state index in [2.05, 4.69) is 4.90 Å². The molecule has 0 aromatic carbocycles. The number of carbonyl (C=O) groups excluding carboxylic acids is 1. The van der Waals surface area contributed by atoms with Gasteiger partial charge in [0.1, 0.15) is 0 Å². The Hall–Kier alpha value is -0.650. The molecule has 2 aliphatic heterocycles. The summed E-state index contributed by atoms with van der Waals surface area (Å²) in [5.74, 6) is 0.190. The number of morpholine rings is 1. The fourth-order valence-corrected chi connectivity index (χ4v) is 2.77. The Morgan fingerprint density at radius 3 is 2.72 bits per heavy atom. The van der Waals surface area contributed by atoms with Crippen LogP contribution in [0, 0.1) is 0 Å². The van der Waals surface area contributed by atoms with Crippen molar-refractivity contribution < 1.29 is 14.6 Å². The van der Waals surface area contributed by atoms with Crippen molar-refractivity contribution in [3.8, 4) is 0 Å². The van der Waals surface area contributed by atoms with Crippen molar-refractivity contribution in [1.29, 1.82) is 0 Å². The summed E-state index contributed by atoms with van der Waals surface area (Å²) >= 11 is 0. The van der Waals surface area contributed by atoms with E-state index < -0.39 is 0 Å². The van der Waals surface area contributed by atoms with E-state index in [4.69, 9.17) is 9.84 Å². The van der Waals surface area contributed by atoms with E-state index in [0.717, 1.165) is 19.6 Å². The molecule has 0 saturated carbocycles. The van der Waals surface area contributed by atoms with Gasteiger partial charge >= 0.3 is 0 Å². The molecule has 18 heavy (non-hydrogen) atoms. The number of nitrogens with zero attached hydrogens (tertiary/aromatic N) is 2.